The number of hydrogen-bond acceptors (Lipinski definition) is 5. The van der Waals surface area contributed by atoms with Gasteiger partial charge in [-0.1, -0.05) is 0 Å². The van der Waals surface area contributed by atoms with Gasteiger partial charge in [0, 0.05) is 38.1 Å². The van der Waals surface area contributed by atoms with Gasteiger partial charge in [0.2, 0.25) is 6.29 Å². The van der Waals surface area contributed by atoms with Crippen molar-refractivity contribution in [1.82, 2.24) is 4.90 Å². The van der Waals surface area contributed by atoms with E-state index in [1.54, 1.807) is 11.3 Å². The maximum Gasteiger partial charge on any atom is 0.288 e. The van der Waals surface area contributed by atoms with Crippen molar-refractivity contribution in [3.8, 4) is 0 Å². The van der Waals surface area contributed by atoms with Crippen LogP contribution < -0.4 is 0 Å². The van der Waals surface area contributed by atoms with Gasteiger partial charge in [-0.05, 0) is 67.5 Å². The Bertz CT molecular complexity index is 595. The zero-order valence-electron chi connectivity index (χ0n) is 15.4. The zero-order chi connectivity index (χ0) is 18.4. The number of aliphatic hydroxyl groups excluding tert-OH is 1. The fraction of sp³-hybridized carbons (Fsp3) is 0.650. The van der Waals surface area contributed by atoms with Crippen LogP contribution in [0.25, 0.3) is 0 Å². The van der Waals surface area contributed by atoms with Crippen LogP contribution in [0.3, 0.4) is 0 Å². The predicted molar refractivity (Wildman–Crippen MR) is 102 cm³/mol. The van der Waals surface area contributed by atoms with Crippen LogP contribution in [0.2, 0.25) is 0 Å². The Labute approximate surface area is 159 Å². The normalized spacial score (nSPS) is 26.3. The number of hydrogen-bond donors (Lipinski definition) is 1. The van der Waals surface area contributed by atoms with Crippen LogP contribution in [0.15, 0.2) is 28.7 Å². The van der Waals surface area contributed by atoms with E-state index in [1.165, 1.54) is 12.0 Å². The van der Waals surface area contributed by atoms with Crippen molar-refractivity contribution in [2.45, 2.75) is 51.2 Å². The number of piperidine rings is 1. The molecule has 0 spiro atoms. The molecule has 6 heteroatoms. The van der Waals surface area contributed by atoms with Crippen LogP contribution in [-0.2, 0) is 14.3 Å². The summed E-state index contributed by atoms with van der Waals surface area (Å²) in [5.41, 5.74) is 1.19. The van der Waals surface area contributed by atoms with Gasteiger partial charge < -0.3 is 19.5 Å². The SMILES string of the molecule is CCO[C@@H]1OC(C(=O)N2CCCCC2)=C[C@H](c2ccsc2)[C@H]1CCCO. The first kappa shape index (κ1) is 19.4. The molecule has 2 aliphatic rings. The number of thiophene rings is 1. The lowest BCUT2D eigenvalue weighted by Crippen LogP contribution is -2.42. The maximum absolute atomic E-state index is 13.0. The molecular formula is C20H29NO4S. The molecule has 0 aromatic carbocycles. The van der Waals surface area contributed by atoms with Crippen LogP contribution in [0.5, 0.6) is 0 Å². The van der Waals surface area contributed by atoms with E-state index in [1.807, 2.05) is 17.9 Å². The minimum Gasteiger partial charge on any atom is -0.459 e. The highest BCUT2D eigenvalue weighted by Gasteiger charge is 2.39. The van der Waals surface area contributed by atoms with Gasteiger partial charge in [-0.2, -0.15) is 11.3 Å². The van der Waals surface area contributed by atoms with Gasteiger partial charge >= 0.3 is 0 Å². The zero-order valence-corrected chi connectivity index (χ0v) is 16.2. The van der Waals surface area contributed by atoms with Crippen molar-refractivity contribution < 1.29 is 19.4 Å². The Morgan fingerprint density at radius 3 is 2.85 bits per heavy atom. The number of aliphatic hydroxyl groups is 1. The first-order valence-corrected chi connectivity index (χ1v) is 10.6. The molecule has 1 aromatic heterocycles. The highest BCUT2D eigenvalue weighted by molar-refractivity contribution is 7.08. The molecule has 0 radical (unpaired) electrons. The molecule has 1 amide bonds. The van der Waals surface area contributed by atoms with E-state index in [4.69, 9.17) is 9.47 Å². The number of carbonyl (C=O) groups is 1. The quantitative estimate of drug-likeness (QED) is 0.788. The topological polar surface area (TPSA) is 59.0 Å². The van der Waals surface area contributed by atoms with E-state index in [2.05, 4.69) is 16.8 Å². The number of amides is 1. The van der Waals surface area contributed by atoms with Gasteiger partial charge in [-0.15, -0.1) is 0 Å². The summed E-state index contributed by atoms with van der Waals surface area (Å²) in [6.07, 6.45) is 6.32. The second-order valence-corrected chi connectivity index (χ2v) is 7.72. The van der Waals surface area contributed by atoms with Gasteiger partial charge in [0.15, 0.2) is 5.76 Å². The lowest BCUT2D eigenvalue weighted by Gasteiger charge is -2.38. The van der Waals surface area contributed by atoms with Gasteiger partial charge in [0.25, 0.3) is 5.91 Å². The standard InChI is InChI=1S/C20H29NO4S/c1-2-24-20-16(7-6-11-22)17(15-8-12-26-14-15)13-18(25-20)19(23)21-9-4-3-5-10-21/h8,12-14,16-17,20,22H,2-7,9-11H2,1H3/t16-,17-,20-/m1/s1. The summed E-state index contributed by atoms with van der Waals surface area (Å²) in [5, 5.41) is 13.5. The Morgan fingerprint density at radius 1 is 1.38 bits per heavy atom. The average Bonchev–Trinajstić information content (AvgIpc) is 3.21. The monoisotopic (exact) mass is 379 g/mol. The highest BCUT2D eigenvalue weighted by Crippen LogP contribution is 2.40. The molecule has 1 aromatic rings. The smallest absolute Gasteiger partial charge is 0.288 e. The van der Waals surface area contributed by atoms with Crippen LogP contribution in [-0.4, -0.2) is 48.5 Å². The highest BCUT2D eigenvalue weighted by atomic mass is 32.1. The van der Waals surface area contributed by atoms with Gasteiger partial charge in [-0.25, -0.2) is 0 Å². The molecule has 0 unspecified atom stereocenters. The summed E-state index contributed by atoms with van der Waals surface area (Å²) in [5.74, 6) is 0.563. The molecule has 26 heavy (non-hydrogen) atoms. The number of allylic oxidation sites excluding steroid dienone is 1. The summed E-state index contributed by atoms with van der Waals surface area (Å²) in [4.78, 5) is 14.9. The molecule has 0 aliphatic carbocycles. The third-order valence-electron chi connectivity index (χ3n) is 5.19. The van der Waals surface area contributed by atoms with Crippen molar-refractivity contribution in [1.29, 1.82) is 0 Å². The number of rotatable bonds is 7. The summed E-state index contributed by atoms with van der Waals surface area (Å²) in [6, 6.07) is 2.11. The van der Waals surface area contributed by atoms with Gasteiger partial charge in [0.05, 0.1) is 0 Å². The lowest BCUT2D eigenvalue weighted by molar-refractivity contribution is -0.170. The number of ether oxygens (including phenoxy) is 2. The molecule has 1 fully saturated rings. The molecule has 1 saturated heterocycles. The Balaban J connectivity index is 1.87. The van der Waals surface area contributed by atoms with Crippen molar-refractivity contribution in [3.05, 3.63) is 34.2 Å². The molecule has 0 bridgehead atoms. The van der Waals surface area contributed by atoms with Crippen molar-refractivity contribution >= 4 is 17.2 Å². The molecular weight excluding hydrogens is 350 g/mol. The lowest BCUT2D eigenvalue weighted by atomic mass is 9.81. The third-order valence-corrected chi connectivity index (χ3v) is 5.90. The predicted octanol–water partition coefficient (Wildman–Crippen LogP) is 3.51. The van der Waals surface area contributed by atoms with Crippen molar-refractivity contribution in [2.75, 3.05) is 26.3 Å². The molecule has 2 aliphatic heterocycles. The summed E-state index contributed by atoms with van der Waals surface area (Å²) in [7, 11) is 0. The van der Waals surface area contributed by atoms with Crippen LogP contribution in [0.4, 0.5) is 0 Å². The van der Waals surface area contributed by atoms with Crippen LogP contribution >= 0.6 is 11.3 Å². The minimum absolute atomic E-state index is 0.0183. The first-order chi connectivity index (χ1) is 12.7. The second-order valence-electron chi connectivity index (χ2n) is 6.94. The third kappa shape index (κ3) is 4.48. The summed E-state index contributed by atoms with van der Waals surface area (Å²) in [6.45, 7) is 4.22. The molecule has 3 heterocycles. The molecule has 1 N–H and O–H groups in total. The number of nitrogens with zero attached hydrogens (tertiary/aromatic N) is 1. The number of carbonyl (C=O) groups excluding carboxylic acids is 1. The van der Waals surface area contributed by atoms with Crippen LogP contribution in [0.1, 0.15) is 50.5 Å². The molecule has 144 valence electrons. The fourth-order valence-corrected chi connectivity index (χ4v) is 4.56. The van der Waals surface area contributed by atoms with E-state index in [0.717, 1.165) is 32.4 Å². The number of likely N-dealkylation sites (tertiary alicyclic amines) is 1. The van der Waals surface area contributed by atoms with Crippen LogP contribution in [0, 0.1) is 5.92 Å². The van der Waals surface area contributed by atoms with E-state index in [9.17, 15) is 9.90 Å². The van der Waals surface area contributed by atoms with E-state index < -0.39 is 6.29 Å². The van der Waals surface area contributed by atoms with Gasteiger partial charge in [0.1, 0.15) is 0 Å². The van der Waals surface area contributed by atoms with Crippen molar-refractivity contribution in [2.24, 2.45) is 5.92 Å². The molecule has 3 atom stereocenters. The Morgan fingerprint density at radius 2 is 2.19 bits per heavy atom. The summed E-state index contributed by atoms with van der Waals surface area (Å²) >= 11 is 1.66. The largest absolute Gasteiger partial charge is 0.459 e. The molecule has 3 rings (SSSR count). The Hall–Kier alpha value is -1.37. The van der Waals surface area contributed by atoms with E-state index in [-0.39, 0.29) is 24.3 Å². The van der Waals surface area contributed by atoms with E-state index in [0.29, 0.717) is 18.8 Å². The molecule has 0 saturated carbocycles. The molecule has 5 nitrogen and oxygen atoms in total. The van der Waals surface area contributed by atoms with Crippen molar-refractivity contribution in [3.63, 3.8) is 0 Å². The minimum atomic E-state index is -0.454. The summed E-state index contributed by atoms with van der Waals surface area (Å²) < 4.78 is 11.9. The van der Waals surface area contributed by atoms with E-state index >= 15 is 0 Å². The first-order valence-electron chi connectivity index (χ1n) is 9.67. The van der Waals surface area contributed by atoms with Gasteiger partial charge in [-0.3, -0.25) is 4.79 Å². The maximum atomic E-state index is 13.0. The fourth-order valence-electron chi connectivity index (χ4n) is 3.85. The average molecular weight is 380 g/mol. The second kappa shape index (κ2) is 9.53. The Kier molecular flexibility index (Phi) is 7.11.